The summed E-state index contributed by atoms with van der Waals surface area (Å²) in [6, 6.07) is 8.96. The van der Waals surface area contributed by atoms with E-state index in [0.717, 1.165) is 11.3 Å². The zero-order chi connectivity index (χ0) is 27.6. The number of fused-ring (bicyclic) bond motifs is 1. The molecule has 0 saturated heterocycles. The molecule has 0 unspecified atom stereocenters. The lowest BCUT2D eigenvalue weighted by molar-refractivity contribution is -0.140. The second-order valence-corrected chi connectivity index (χ2v) is 9.83. The van der Waals surface area contributed by atoms with Crippen LogP contribution in [0.15, 0.2) is 57.5 Å². The van der Waals surface area contributed by atoms with Crippen molar-refractivity contribution in [2.75, 3.05) is 20.3 Å². The van der Waals surface area contributed by atoms with Gasteiger partial charge in [-0.25, -0.2) is 14.6 Å². The Labute approximate surface area is 230 Å². The average molecular weight is 577 g/mol. The smallest absolute Gasteiger partial charge is 0.341 e. The third-order valence-electron chi connectivity index (χ3n) is 5.63. The predicted molar refractivity (Wildman–Crippen MR) is 143 cm³/mol. The lowest BCUT2D eigenvalue weighted by Crippen LogP contribution is -2.40. The van der Waals surface area contributed by atoms with Gasteiger partial charge in [0.25, 0.3) is 5.56 Å². The van der Waals surface area contributed by atoms with Gasteiger partial charge in [0.15, 0.2) is 22.9 Å². The topological polar surface area (TPSA) is 116 Å². The van der Waals surface area contributed by atoms with Crippen molar-refractivity contribution >= 4 is 52.6 Å². The van der Waals surface area contributed by atoms with Crippen LogP contribution in [0.4, 0.5) is 0 Å². The van der Waals surface area contributed by atoms with E-state index in [9.17, 15) is 14.4 Å². The van der Waals surface area contributed by atoms with E-state index in [-0.39, 0.29) is 28.0 Å². The number of carbonyl (C=O) groups is 2. The molecule has 198 valence electrons. The van der Waals surface area contributed by atoms with E-state index < -0.39 is 30.1 Å². The van der Waals surface area contributed by atoms with Crippen LogP contribution in [-0.2, 0) is 14.3 Å². The van der Waals surface area contributed by atoms with Crippen LogP contribution in [0.1, 0.15) is 31.0 Å². The van der Waals surface area contributed by atoms with Crippen LogP contribution in [0.5, 0.6) is 11.5 Å². The molecule has 2 aromatic carbocycles. The summed E-state index contributed by atoms with van der Waals surface area (Å²) in [7, 11) is 1.43. The van der Waals surface area contributed by atoms with Crippen molar-refractivity contribution in [3.8, 4) is 11.5 Å². The van der Waals surface area contributed by atoms with E-state index in [4.69, 9.17) is 42.5 Å². The minimum absolute atomic E-state index is 0.143. The number of ether oxygens (including phenoxy) is 3. The van der Waals surface area contributed by atoms with Crippen LogP contribution in [0, 0.1) is 0 Å². The Balaban J connectivity index is 1.89. The number of thiazole rings is 1. The summed E-state index contributed by atoms with van der Waals surface area (Å²) in [6.07, 6.45) is 1.65. The van der Waals surface area contributed by atoms with Gasteiger partial charge in [-0.15, -0.1) is 0 Å². The average Bonchev–Trinajstić information content (AvgIpc) is 3.18. The molecule has 4 rings (SSSR count). The number of carboxylic acid groups (broad SMARTS) is 1. The van der Waals surface area contributed by atoms with Crippen LogP contribution in [0.25, 0.3) is 6.08 Å². The third-order valence-corrected chi connectivity index (χ3v) is 7.45. The molecular weight excluding hydrogens is 555 g/mol. The van der Waals surface area contributed by atoms with E-state index in [2.05, 4.69) is 4.99 Å². The summed E-state index contributed by atoms with van der Waals surface area (Å²) in [5.74, 6) is -1.18. The Morgan fingerprint density at radius 2 is 1.97 bits per heavy atom. The minimum Gasteiger partial charge on any atom is -0.493 e. The van der Waals surface area contributed by atoms with Crippen LogP contribution in [0.2, 0.25) is 10.0 Å². The lowest BCUT2D eigenvalue weighted by atomic mass is 9.96. The maximum Gasteiger partial charge on any atom is 0.341 e. The molecule has 1 aromatic heterocycles. The summed E-state index contributed by atoms with van der Waals surface area (Å²) < 4.78 is 17.6. The maximum atomic E-state index is 13.7. The first-order valence-corrected chi connectivity index (χ1v) is 12.9. The Bertz CT molecular complexity index is 1640. The number of halogens is 2. The van der Waals surface area contributed by atoms with Gasteiger partial charge < -0.3 is 19.3 Å². The molecule has 1 aliphatic rings. The van der Waals surface area contributed by atoms with E-state index >= 15 is 0 Å². The summed E-state index contributed by atoms with van der Waals surface area (Å²) >= 11 is 14.0. The summed E-state index contributed by atoms with van der Waals surface area (Å²) in [6.45, 7) is 2.98. The van der Waals surface area contributed by atoms with Gasteiger partial charge in [-0.05, 0) is 43.7 Å². The number of aliphatic carboxylic acids is 1. The molecular formula is C26H22Cl2N2O7S. The van der Waals surface area contributed by atoms with E-state index in [1.807, 2.05) is 0 Å². The van der Waals surface area contributed by atoms with Gasteiger partial charge in [-0.3, -0.25) is 9.36 Å². The van der Waals surface area contributed by atoms with Crippen LogP contribution in [-0.4, -0.2) is 41.9 Å². The zero-order valence-electron chi connectivity index (χ0n) is 20.5. The molecule has 0 saturated carbocycles. The SMILES string of the molecule is CCOC(=O)C1=C(C)N=c2s/c(=C\c3ccc(OCC(=O)O)c(OC)c3)c(=O)n2[C@H]1c1cccc(Cl)c1Cl. The number of methoxy groups -OCH3 is 1. The molecule has 0 amide bonds. The van der Waals surface area contributed by atoms with Gasteiger partial charge in [-0.2, -0.15) is 0 Å². The zero-order valence-corrected chi connectivity index (χ0v) is 22.8. The Morgan fingerprint density at radius 3 is 2.66 bits per heavy atom. The van der Waals surface area contributed by atoms with Gasteiger partial charge in [0.2, 0.25) is 0 Å². The first-order chi connectivity index (χ1) is 18.2. The minimum atomic E-state index is -1.12. The lowest BCUT2D eigenvalue weighted by Gasteiger charge is -2.25. The van der Waals surface area contributed by atoms with Crippen LogP contribution >= 0.6 is 34.5 Å². The highest BCUT2D eigenvalue weighted by Crippen LogP contribution is 2.37. The monoisotopic (exact) mass is 576 g/mol. The Kier molecular flexibility index (Phi) is 8.25. The first kappa shape index (κ1) is 27.4. The number of aromatic nitrogens is 1. The number of allylic oxidation sites excluding steroid dienone is 1. The quantitative estimate of drug-likeness (QED) is 0.407. The molecule has 38 heavy (non-hydrogen) atoms. The van der Waals surface area contributed by atoms with E-state index in [0.29, 0.717) is 31.9 Å². The molecule has 0 aliphatic carbocycles. The molecule has 2 heterocycles. The number of esters is 1. The van der Waals surface area contributed by atoms with Crippen molar-refractivity contribution in [1.29, 1.82) is 0 Å². The van der Waals surface area contributed by atoms with Crippen LogP contribution in [0.3, 0.4) is 0 Å². The van der Waals surface area contributed by atoms with Crippen molar-refractivity contribution < 1.29 is 28.9 Å². The fraction of sp³-hybridized carbons (Fsp3) is 0.231. The molecule has 1 aliphatic heterocycles. The molecule has 0 bridgehead atoms. The van der Waals surface area contributed by atoms with Crippen molar-refractivity contribution in [1.82, 2.24) is 4.57 Å². The molecule has 12 heteroatoms. The highest BCUT2D eigenvalue weighted by molar-refractivity contribution is 7.07. The normalized spacial score (nSPS) is 15.1. The van der Waals surface area contributed by atoms with Gasteiger partial charge in [-0.1, -0.05) is 52.7 Å². The highest BCUT2D eigenvalue weighted by Gasteiger charge is 2.34. The Morgan fingerprint density at radius 1 is 1.21 bits per heavy atom. The molecule has 1 atom stereocenters. The van der Waals surface area contributed by atoms with E-state index in [1.54, 1.807) is 56.3 Å². The molecule has 0 fully saturated rings. The number of hydrogen-bond acceptors (Lipinski definition) is 8. The summed E-state index contributed by atoms with van der Waals surface area (Å²) in [5.41, 5.74) is 1.27. The van der Waals surface area contributed by atoms with Gasteiger partial charge in [0.1, 0.15) is 6.04 Å². The highest BCUT2D eigenvalue weighted by atomic mass is 35.5. The summed E-state index contributed by atoms with van der Waals surface area (Å²) in [4.78, 5) is 42.5. The van der Waals surface area contributed by atoms with Crippen molar-refractivity contribution in [3.63, 3.8) is 0 Å². The molecule has 9 nitrogen and oxygen atoms in total. The number of rotatable bonds is 8. The number of carboxylic acids is 1. The fourth-order valence-electron chi connectivity index (χ4n) is 4.00. The fourth-order valence-corrected chi connectivity index (χ4v) is 5.46. The molecule has 0 spiro atoms. The molecule has 1 N–H and O–H groups in total. The molecule has 3 aromatic rings. The van der Waals surface area contributed by atoms with Gasteiger partial charge >= 0.3 is 11.9 Å². The first-order valence-electron chi connectivity index (χ1n) is 11.3. The van der Waals surface area contributed by atoms with Gasteiger partial charge in [0.05, 0.1) is 39.6 Å². The number of nitrogens with zero attached hydrogens (tertiary/aromatic N) is 2. The maximum absolute atomic E-state index is 13.7. The largest absolute Gasteiger partial charge is 0.493 e. The number of carbonyl (C=O) groups excluding carboxylic acids is 1. The summed E-state index contributed by atoms with van der Waals surface area (Å²) in [5, 5.41) is 9.37. The second kappa shape index (κ2) is 11.4. The third kappa shape index (κ3) is 5.33. The predicted octanol–water partition coefficient (Wildman–Crippen LogP) is 3.58. The van der Waals surface area contributed by atoms with Crippen molar-refractivity contribution in [2.45, 2.75) is 19.9 Å². The second-order valence-electron chi connectivity index (χ2n) is 8.04. The van der Waals surface area contributed by atoms with Crippen LogP contribution < -0.4 is 24.4 Å². The standard InChI is InChI=1S/C26H22Cl2N2O7S/c1-4-36-25(34)21-13(2)29-26-30(23(21)15-6-5-7-16(27)22(15)28)24(33)19(38-26)11-14-8-9-17(18(10-14)35-3)37-12-20(31)32/h5-11,23H,4,12H2,1-3H3,(H,31,32)/b19-11-/t23-/m0/s1. The van der Waals surface area contributed by atoms with Crippen molar-refractivity contribution in [2.24, 2.45) is 4.99 Å². The van der Waals surface area contributed by atoms with E-state index in [1.165, 1.54) is 11.7 Å². The molecule has 0 radical (unpaired) electrons. The Hall–Kier alpha value is -3.60. The van der Waals surface area contributed by atoms with Gasteiger partial charge in [0, 0.05) is 5.56 Å². The number of benzene rings is 2. The number of hydrogen-bond donors (Lipinski definition) is 1. The van der Waals surface area contributed by atoms with Crippen molar-refractivity contribution in [3.05, 3.63) is 88.5 Å².